The second kappa shape index (κ2) is 9.30. The van der Waals surface area contributed by atoms with Gasteiger partial charge in [-0.3, -0.25) is 4.79 Å². The quantitative estimate of drug-likeness (QED) is 0.768. The van der Waals surface area contributed by atoms with Crippen molar-refractivity contribution in [2.45, 2.75) is 32.2 Å². The summed E-state index contributed by atoms with van der Waals surface area (Å²) in [6, 6.07) is 1.76. The van der Waals surface area contributed by atoms with Crippen molar-refractivity contribution in [1.82, 2.24) is 15.0 Å². The fourth-order valence-corrected chi connectivity index (χ4v) is 3.49. The van der Waals surface area contributed by atoms with E-state index >= 15 is 0 Å². The molecule has 0 bridgehead atoms. The number of nitrogens with one attached hydrogen (secondary N) is 1. The lowest BCUT2D eigenvalue weighted by molar-refractivity contribution is -0.137. The molecule has 0 unspecified atom stereocenters. The Hall–Kier alpha value is -2.96. The van der Waals surface area contributed by atoms with E-state index in [9.17, 15) is 4.79 Å². The van der Waals surface area contributed by atoms with Crippen LogP contribution in [-0.4, -0.2) is 53.3 Å². The lowest BCUT2D eigenvalue weighted by atomic mass is 9.94. The van der Waals surface area contributed by atoms with Gasteiger partial charge in [0.1, 0.15) is 5.82 Å². The van der Waals surface area contributed by atoms with Crippen LogP contribution in [0.15, 0.2) is 53.8 Å². The molecule has 2 aliphatic heterocycles. The number of nitrogens with zero attached hydrogens (tertiary/aromatic N) is 5. The number of aromatic nitrogens is 2. The molecular formula is C21H28N6O. The van der Waals surface area contributed by atoms with E-state index in [2.05, 4.69) is 31.9 Å². The van der Waals surface area contributed by atoms with Gasteiger partial charge in [0.25, 0.3) is 0 Å². The molecular weight excluding hydrogens is 352 g/mol. The largest absolute Gasteiger partial charge is 0.373 e. The molecule has 3 heterocycles. The smallest absolute Gasteiger partial charge is 0.246 e. The van der Waals surface area contributed by atoms with Gasteiger partial charge in [-0.1, -0.05) is 30.9 Å². The monoisotopic (exact) mass is 380 g/mol. The first kappa shape index (κ1) is 19.8. The molecule has 3 rings (SSSR count). The van der Waals surface area contributed by atoms with Gasteiger partial charge in [0.05, 0.1) is 6.04 Å². The van der Waals surface area contributed by atoms with Gasteiger partial charge in [-0.25, -0.2) is 9.99 Å². The van der Waals surface area contributed by atoms with Crippen LogP contribution in [-0.2, 0) is 4.79 Å². The van der Waals surface area contributed by atoms with E-state index in [0.717, 1.165) is 37.3 Å². The summed E-state index contributed by atoms with van der Waals surface area (Å²) in [7, 11) is 1.84. The SMILES string of the molecule is C=C(/C=C\C=C/C)[C@@H]1CC=NN1C(=O)C1CCN(c2nccc(NC)n2)CC1. The molecule has 0 radical (unpaired) electrons. The minimum atomic E-state index is -0.0809. The average molecular weight is 380 g/mol. The van der Waals surface area contributed by atoms with E-state index < -0.39 is 0 Å². The molecule has 1 N–H and O–H groups in total. The van der Waals surface area contributed by atoms with Crippen molar-refractivity contribution >= 4 is 23.9 Å². The number of rotatable bonds is 6. The lowest BCUT2D eigenvalue weighted by Gasteiger charge is -2.33. The van der Waals surface area contributed by atoms with Crippen molar-refractivity contribution in [3.63, 3.8) is 0 Å². The maximum absolute atomic E-state index is 13.1. The van der Waals surface area contributed by atoms with Crippen molar-refractivity contribution in [2.75, 3.05) is 30.4 Å². The highest BCUT2D eigenvalue weighted by Gasteiger charge is 2.35. The second-order valence-corrected chi connectivity index (χ2v) is 6.95. The summed E-state index contributed by atoms with van der Waals surface area (Å²) in [6.07, 6.45) is 13.6. The van der Waals surface area contributed by atoms with Gasteiger partial charge in [-0.05, 0) is 31.4 Å². The number of anilines is 2. The highest BCUT2D eigenvalue weighted by molar-refractivity contribution is 5.82. The minimum Gasteiger partial charge on any atom is -0.373 e. The van der Waals surface area contributed by atoms with Gasteiger partial charge in [0, 0.05) is 44.9 Å². The second-order valence-electron chi connectivity index (χ2n) is 6.95. The van der Waals surface area contributed by atoms with Crippen molar-refractivity contribution in [2.24, 2.45) is 11.0 Å². The van der Waals surface area contributed by atoms with E-state index in [1.807, 2.05) is 50.6 Å². The van der Waals surface area contributed by atoms with Crippen molar-refractivity contribution in [1.29, 1.82) is 0 Å². The number of hydrogen-bond acceptors (Lipinski definition) is 6. The summed E-state index contributed by atoms with van der Waals surface area (Å²) in [6.45, 7) is 7.61. The van der Waals surface area contributed by atoms with Crippen LogP contribution in [0.3, 0.4) is 0 Å². The average Bonchev–Trinajstić information content (AvgIpc) is 3.23. The topological polar surface area (TPSA) is 73.7 Å². The van der Waals surface area contributed by atoms with Crippen LogP contribution in [0.1, 0.15) is 26.2 Å². The summed E-state index contributed by atoms with van der Waals surface area (Å²) < 4.78 is 0. The Balaban J connectivity index is 1.59. The van der Waals surface area contributed by atoms with Gasteiger partial charge < -0.3 is 10.2 Å². The van der Waals surface area contributed by atoms with Crippen LogP contribution in [0.4, 0.5) is 11.8 Å². The Morgan fingerprint density at radius 3 is 2.82 bits per heavy atom. The van der Waals surface area contributed by atoms with E-state index in [-0.39, 0.29) is 17.9 Å². The molecule has 0 aromatic carbocycles. The first-order chi connectivity index (χ1) is 13.6. The first-order valence-electron chi connectivity index (χ1n) is 9.73. The molecule has 0 aliphatic carbocycles. The molecule has 0 saturated carbocycles. The zero-order valence-corrected chi connectivity index (χ0v) is 16.6. The number of piperidine rings is 1. The van der Waals surface area contributed by atoms with Crippen molar-refractivity contribution < 1.29 is 4.79 Å². The number of hydrazone groups is 1. The Morgan fingerprint density at radius 2 is 2.11 bits per heavy atom. The Morgan fingerprint density at radius 1 is 1.32 bits per heavy atom. The first-order valence-corrected chi connectivity index (χ1v) is 9.73. The molecule has 7 heteroatoms. The van der Waals surface area contributed by atoms with Crippen LogP contribution in [0, 0.1) is 5.92 Å². The van der Waals surface area contributed by atoms with E-state index in [1.54, 1.807) is 11.2 Å². The van der Waals surface area contributed by atoms with Crippen LogP contribution in [0.2, 0.25) is 0 Å². The molecule has 0 spiro atoms. The van der Waals surface area contributed by atoms with Crippen LogP contribution >= 0.6 is 0 Å². The molecule has 1 saturated heterocycles. The third kappa shape index (κ3) is 4.47. The number of amides is 1. The molecule has 1 amide bonds. The van der Waals surface area contributed by atoms with Gasteiger partial charge in [0.2, 0.25) is 11.9 Å². The Labute approximate surface area is 166 Å². The van der Waals surface area contributed by atoms with Gasteiger partial charge in [-0.15, -0.1) is 0 Å². The maximum Gasteiger partial charge on any atom is 0.246 e. The predicted molar refractivity (Wildman–Crippen MR) is 113 cm³/mol. The number of carbonyl (C=O) groups excluding carboxylic acids is 1. The standard InChI is InChI=1S/C21H28N6O/c1-4-5-6-7-16(2)18-8-13-24-27(18)20(28)17-10-14-26(15-11-17)21-23-12-9-19(22-3)25-21/h4-7,9,12-13,17-18H,2,8,10-11,14-15H2,1,3H3,(H,22,23,25)/b5-4-,7-6-/t18-/m0/s1. The predicted octanol–water partition coefficient (Wildman–Crippen LogP) is 3.01. The van der Waals surface area contributed by atoms with Crippen molar-refractivity contribution in [3.8, 4) is 0 Å². The zero-order valence-electron chi connectivity index (χ0n) is 16.6. The molecule has 148 valence electrons. The van der Waals surface area contributed by atoms with E-state index in [0.29, 0.717) is 12.4 Å². The molecule has 28 heavy (non-hydrogen) atoms. The molecule has 1 fully saturated rings. The van der Waals surface area contributed by atoms with Crippen LogP contribution in [0.25, 0.3) is 0 Å². The third-order valence-corrected chi connectivity index (χ3v) is 5.12. The van der Waals surface area contributed by atoms with Crippen LogP contribution < -0.4 is 10.2 Å². The van der Waals surface area contributed by atoms with E-state index in [1.165, 1.54) is 0 Å². The molecule has 1 atom stereocenters. The summed E-state index contributed by atoms with van der Waals surface area (Å²) in [5.74, 6) is 1.55. The highest BCUT2D eigenvalue weighted by atomic mass is 16.2. The summed E-state index contributed by atoms with van der Waals surface area (Å²) in [5.41, 5.74) is 0.902. The Bertz CT molecular complexity index is 792. The van der Waals surface area contributed by atoms with Gasteiger partial charge in [0.15, 0.2) is 0 Å². The maximum atomic E-state index is 13.1. The Kier molecular flexibility index (Phi) is 6.57. The number of carbonyl (C=O) groups is 1. The van der Waals surface area contributed by atoms with E-state index in [4.69, 9.17) is 0 Å². The van der Waals surface area contributed by atoms with Gasteiger partial charge >= 0.3 is 0 Å². The lowest BCUT2D eigenvalue weighted by Crippen LogP contribution is -2.43. The molecule has 1 aromatic heterocycles. The summed E-state index contributed by atoms with van der Waals surface area (Å²) in [5, 5.41) is 9.00. The molecule has 7 nitrogen and oxygen atoms in total. The highest BCUT2D eigenvalue weighted by Crippen LogP contribution is 2.27. The zero-order chi connectivity index (χ0) is 19.9. The number of hydrogen-bond donors (Lipinski definition) is 1. The van der Waals surface area contributed by atoms with Crippen molar-refractivity contribution in [3.05, 3.63) is 48.7 Å². The fourth-order valence-electron chi connectivity index (χ4n) is 3.49. The molecule has 2 aliphatic rings. The minimum absolute atomic E-state index is 0.0335. The van der Waals surface area contributed by atoms with Gasteiger partial charge in [-0.2, -0.15) is 10.1 Å². The summed E-state index contributed by atoms with van der Waals surface area (Å²) >= 11 is 0. The normalized spacial score (nSPS) is 20.4. The number of allylic oxidation sites excluding steroid dienone is 3. The molecule has 1 aromatic rings. The third-order valence-electron chi connectivity index (χ3n) is 5.12. The van der Waals surface area contributed by atoms with Crippen LogP contribution in [0.5, 0.6) is 0 Å². The summed E-state index contributed by atoms with van der Waals surface area (Å²) in [4.78, 5) is 24.0. The fraction of sp³-hybridized carbons (Fsp3) is 0.429.